The maximum atomic E-state index is 12.9. The van der Waals surface area contributed by atoms with Gasteiger partial charge in [-0.2, -0.15) is 8.78 Å². The Morgan fingerprint density at radius 1 is 1.19 bits per heavy atom. The van der Waals surface area contributed by atoms with E-state index in [-0.39, 0.29) is 34.8 Å². The molecular weight excluding hydrogens is 478 g/mol. The number of halogens is 2. The van der Waals surface area contributed by atoms with Crippen molar-refractivity contribution < 1.29 is 41.7 Å². The number of esters is 1. The first-order valence-corrected chi connectivity index (χ1v) is 11.7. The normalized spacial score (nSPS) is 14.5. The molecule has 198 valence electrons. The molecule has 1 fully saturated rings. The monoisotopic (exact) mass is 510 g/mol. The van der Waals surface area contributed by atoms with Gasteiger partial charge in [-0.15, -0.1) is 0 Å². The standard InChI is InChI=1S/C25H32F2N2O7/c1-13(2)18(29-24(31)36-25(3,4)5)20-19(22(30)32-6)28-21(35-20)15-9-10-16(34-23(26)27)17(11-15)33-12-14-7-8-14/h9-11,13-14,18,23H,7-8,12H2,1-6H3,(H,29,31). The number of carbonyl (C=O) groups excluding carboxylic acids is 2. The fraction of sp³-hybridized carbons (Fsp3) is 0.560. The number of hydrogen-bond acceptors (Lipinski definition) is 8. The highest BCUT2D eigenvalue weighted by molar-refractivity contribution is 5.89. The number of amides is 1. The van der Waals surface area contributed by atoms with Crippen LogP contribution in [0.15, 0.2) is 22.6 Å². The second kappa shape index (κ2) is 11.1. The molecule has 1 aromatic carbocycles. The third kappa shape index (κ3) is 7.32. The van der Waals surface area contributed by atoms with Gasteiger partial charge in [0.1, 0.15) is 5.60 Å². The highest BCUT2D eigenvalue weighted by Gasteiger charge is 2.32. The van der Waals surface area contributed by atoms with Gasteiger partial charge < -0.3 is 28.7 Å². The number of ether oxygens (including phenoxy) is 4. The molecule has 11 heteroatoms. The predicted octanol–water partition coefficient (Wildman–Crippen LogP) is 5.74. The number of alkyl carbamates (subject to hydrolysis) is 1. The topological polar surface area (TPSA) is 109 Å². The Kier molecular flexibility index (Phi) is 8.42. The van der Waals surface area contributed by atoms with Crippen LogP contribution in [-0.4, -0.2) is 43.0 Å². The average molecular weight is 511 g/mol. The molecule has 2 aromatic rings. The molecule has 1 aliphatic rings. The van der Waals surface area contributed by atoms with Crippen molar-refractivity contribution in [3.8, 4) is 23.0 Å². The van der Waals surface area contributed by atoms with Crippen molar-refractivity contribution in [2.24, 2.45) is 11.8 Å². The number of nitrogens with one attached hydrogen (secondary N) is 1. The Morgan fingerprint density at radius 3 is 2.44 bits per heavy atom. The second-order valence-electron chi connectivity index (χ2n) is 9.89. The summed E-state index contributed by atoms with van der Waals surface area (Å²) < 4.78 is 52.3. The molecule has 1 amide bonds. The molecule has 9 nitrogen and oxygen atoms in total. The van der Waals surface area contributed by atoms with Gasteiger partial charge in [0.05, 0.1) is 19.8 Å². The zero-order valence-corrected chi connectivity index (χ0v) is 21.2. The first-order chi connectivity index (χ1) is 16.9. The summed E-state index contributed by atoms with van der Waals surface area (Å²) >= 11 is 0. The fourth-order valence-corrected chi connectivity index (χ4v) is 3.32. The second-order valence-corrected chi connectivity index (χ2v) is 9.89. The van der Waals surface area contributed by atoms with Gasteiger partial charge in [-0.3, -0.25) is 0 Å². The number of hydrogen-bond donors (Lipinski definition) is 1. The number of carbonyl (C=O) groups is 2. The molecule has 0 spiro atoms. The van der Waals surface area contributed by atoms with E-state index in [0.29, 0.717) is 18.1 Å². The smallest absolute Gasteiger partial charge is 0.408 e. The van der Waals surface area contributed by atoms with Crippen LogP contribution in [0.25, 0.3) is 11.5 Å². The van der Waals surface area contributed by atoms with Gasteiger partial charge in [0.25, 0.3) is 0 Å². The number of oxazole rings is 1. The van der Waals surface area contributed by atoms with Crippen LogP contribution in [0, 0.1) is 11.8 Å². The van der Waals surface area contributed by atoms with Gasteiger partial charge in [0, 0.05) is 5.56 Å². The summed E-state index contributed by atoms with van der Waals surface area (Å²) in [5.74, 6) is -0.543. The zero-order chi connectivity index (χ0) is 26.6. The number of rotatable bonds is 10. The van der Waals surface area contributed by atoms with Crippen LogP contribution in [0.3, 0.4) is 0 Å². The van der Waals surface area contributed by atoms with Gasteiger partial charge in [0.2, 0.25) is 5.89 Å². The van der Waals surface area contributed by atoms with Crippen LogP contribution >= 0.6 is 0 Å². The average Bonchev–Trinajstić information content (AvgIpc) is 3.50. The molecule has 36 heavy (non-hydrogen) atoms. The third-order valence-electron chi connectivity index (χ3n) is 5.23. The Hall–Kier alpha value is -3.37. The van der Waals surface area contributed by atoms with Gasteiger partial charge >= 0.3 is 18.7 Å². The largest absolute Gasteiger partial charge is 0.489 e. The first kappa shape index (κ1) is 27.2. The number of aromatic nitrogens is 1. The minimum absolute atomic E-state index is 0.0157. The molecule has 1 atom stereocenters. The molecular formula is C25H32F2N2O7. The summed E-state index contributed by atoms with van der Waals surface area (Å²) in [6.45, 7) is 6.18. The maximum absolute atomic E-state index is 12.9. The quantitative estimate of drug-likeness (QED) is 0.403. The van der Waals surface area contributed by atoms with Crippen molar-refractivity contribution in [1.82, 2.24) is 10.3 Å². The molecule has 0 bridgehead atoms. The van der Waals surface area contributed by atoms with Gasteiger partial charge in [-0.05, 0) is 63.6 Å². The summed E-state index contributed by atoms with van der Waals surface area (Å²) in [6.07, 6.45) is 1.33. The van der Waals surface area contributed by atoms with Crippen LogP contribution in [0.4, 0.5) is 13.6 Å². The van der Waals surface area contributed by atoms with Crippen molar-refractivity contribution >= 4 is 12.1 Å². The minimum atomic E-state index is -3.02. The number of nitrogens with zero attached hydrogens (tertiary/aromatic N) is 1. The Morgan fingerprint density at radius 2 is 1.89 bits per heavy atom. The third-order valence-corrected chi connectivity index (χ3v) is 5.23. The van der Waals surface area contributed by atoms with Crippen molar-refractivity contribution in [3.05, 3.63) is 29.7 Å². The Labute approximate surface area is 208 Å². The summed E-state index contributed by atoms with van der Waals surface area (Å²) in [4.78, 5) is 29.3. The van der Waals surface area contributed by atoms with Crippen LogP contribution in [0.2, 0.25) is 0 Å². The number of alkyl halides is 2. The van der Waals surface area contributed by atoms with E-state index < -0.39 is 30.3 Å². The van der Waals surface area contributed by atoms with Crippen LogP contribution in [0.5, 0.6) is 11.5 Å². The first-order valence-electron chi connectivity index (χ1n) is 11.7. The lowest BCUT2D eigenvalue weighted by molar-refractivity contribution is -0.0515. The molecule has 0 saturated heterocycles. The molecule has 0 aliphatic heterocycles. The summed E-state index contributed by atoms with van der Waals surface area (Å²) in [7, 11) is 1.20. The lowest BCUT2D eigenvalue weighted by Crippen LogP contribution is -2.37. The molecule has 1 aromatic heterocycles. The van der Waals surface area contributed by atoms with Crippen molar-refractivity contribution in [3.63, 3.8) is 0 Å². The van der Waals surface area contributed by atoms with E-state index in [4.69, 9.17) is 18.6 Å². The maximum Gasteiger partial charge on any atom is 0.408 e. The van der Waals surface area contributed by atoms with Crippen LogP contribution in [-0.2, 0) is 9.47 Å². The zero-order valence-electron chi connectivity index (χ0n) is 21.2. The van der Waals surface area contributed by atoms with E-state index in [0.717, 1.165) is 12.8 Å². The highest BCUT2D eigenvalue weighted by Crippen LogP contribution is 2.38. The van der Waals surface area contributed by atoms with Gasteiger partial charge in [0.15, 0.2) is 23.0 Å². The van der Waals surface area contributed by atoms with Crippen molar-refractivity contribution in [2.45, 2.75) is 65.7 Å². The molecule has 1 N–H and O–H groups in total. The number of methoxy groups -OCH3 is 1. The summed E-state index contributed by atoms with van der Waals surface area (Å²) in [6, 6.07) is 3.47. The number of benzene rings is 1. The Balaban J connectivity index is 1.99. The van der Waals surface area contributed by atoms with E-state index in [2.05, 4.69) is 15.0 Å². The summed E-state index contributed by atoms with van der Waals surface area (Å²) in [5, 5.41) is 2.72. The SMILES string of the molecule is COC(=O)c1nc(-c2ccc(OC(F)F)c(OCC3CC3)c2)oc1C(NC(=O)OC(C)(C)C)C(C)C. The van der Waals surface area contributed by atoms with E-state index in [1.807, 2.05) is 13.8 Å². The predicted molar refractivity (Wildman–Crippen MR) is 125 cm³/mol. The van der Waals surface area contributed by atoms with Crippen LogP contribution < -0.4 is 14.8 Å². The fourth-order valence-electron chi connectivity index (χ4n) is 3.32. The van der Waals surface area contributed by atoms with Gasteiger partial charge in [-0.25, -0.2) is 14.6 Å². The molecule has 0 radical (unpaired) electrons. The lowest BCUT2D eigenvalue weighted by Gasteiger charge is -2.24. The van der Waals surface area contributed by atoms with E-state index >= 15 is 0 Å². The van der Waals surface area contributed by atoms with Crippen molar-refractivity contribution in [1.29, 1.82) is 0 Å². The lowest BCUT2D eigenvalue weighted by atomic mass is 10.0. The molecule has 1 heterocycles. The molecule has 1 saturated carbocycles. The molecule has 1 unspecified atom stereocenters. The highest BCUT2D eigenvalue weighted by atomic mass is 19.3. The summed E-state index contributed by atoms with van der Waals surface area (Å²) in [5.41, 5.74) is -0.503. The van der Waals surface area contributed by atoms with E-state index in [1.54, 1.807) is 20.8 Å². The molecule has 1 aliphatic carbocycles. The van der Waals surface area contributed by atoms with E-state index in [1.165, 1.54) is 25.3 Å². The van der Waals surface area contributed by atoms with Crippen LogP contribution in [0.1, 0.15) is 69.8 Å². The van der Waals surface area contributed by atoms with Crippen molar-refractivity contribution in [2.75, 3.05) is 13.7 Å². The van der Waals surface area contributed by atoms with Gasteiger partial charge in [-0.1, -0.05) is 13.8 Å². The minimum Gasteiger partial charge on any atom is -0.489 e. The Bertz CT molecular complexity index is 1070. The molecule has 3 rings (SSSR count). The van der Waals surface area contributed by atoms with E-state index in [9.17, 15) is 18.4 Å².